The van der Waals surface area contributed by atoms with Crippen LogP contribution in [0, 0.1) is 11.3 Å². The summed E-state index contributed by atoms with van der Waals surface area (Å²) in [5, 5.41) is 10.5. The van der Waals surface area contributed by atoms with E-state index < -0.39 is 0 Å². The molecule has 0 aromatic rings. The molecule has 2 rings (SSSR count). The fourth-order valence-corrected chi connectivity index (χ4v) is 2.04. The number of rotatable bonds is 2. The average molecular weight is 181 g/mol. The smallest absolute Gasteiger partial charge is 0.220 e. The molecule has 0 aromatic carbocycles. The van der Waals surface area contributed by atoms with Crippen molar-refractivity contribution >= 4 is 11.7 Å². The van der Waals surface area contributed by atoms with Crippen molar-refractivity contribution in [2.45, 2.75) is 19.3 Å². The van der Waals surface area contributed by atoms with E-state index in [9.17, 15) is 4.79 Å². The lowest BCUT2D eigenvalue weighted by atomic mass is 10.1. The van der Waals surface area contributed by atoms with Gasteiger partial charge in [0.1, 0.15) is 0 Å². The molecule has 2 aliphatic rings. The molecule has 1 unspecified atom stereocenters. The Hall–Kier alpha value is -1.06. The normalized spacial score (nSPS) is 28.3. The van der Waals surface area contributed by atoms with Gasteiger partial charge in [-0.15, -0.1) is 0 Å². The Morgan fingerprint density at radius 2 is 2.46 bits per heavy atom. The zero-order valence-electron chi connectivity index (χ0n) is 7.68. The molecule has 0 aliphatic carbocycles. The van der Waals surface area contributed by atoms with Crippen molar-refractivity contribution in [1.29, 1.82) is 5.41 Å². The van der Waals surface area contributed by atoms with Gasteiger partial charge in [-0.3, -0.25) is 10.2 Å². The minimum atomic E-state index is 0.163. The summed E-state index contributed by atoms with van der Waals surface area (Å²) in [4.78, 5) is 13.0. The first-order chi connectivity index (χ1) is 6.25. The lowest BCUT2D eigenvalue weighted by Gasteiger charge is -2.20. The molecule has 2 N–H and O–H groups in total. The van der Waals surface area contributed by atoms with Crippen LogP contribution in [0.3, 0.4) is 0 Å². The standard InChI is InChI=1S/C9H15N3O/c10-8-2-1-3-12(8)6-7-4-9(13)11-5-7/h7,10H,1-6H2,(H,11,13). The van der Waals surface area contributed by atoms with Crippen LogP contribution >= 0.6 is 0 Å². The van der Waals surface area contributed by atoms with Gasteiger partial charge in [0.2, 0.25) is 5.91 Å². The molecule has 2 aliphatic heterocycles. The quantitative estimate of drug-likeness (QED) is 0.639. The van der Waals surface area contributed by atoms with Gasteiger partial charge >= 0.3 is 0 Å². The van der Waals surface area contributed by atoms with Gasteiger partial charge in [0, 0.05) is 38.4 Å². The topological polar surface area (TPSA) is 56.2 Å². The van der Waals surface area contributed by atoms with E-state index in [1.165, 1.54) is 0 Å². The molecule has 4 nitrogen and oxygen atoms in total. The summed E-state index contributed by atoms with van der Waals surface area (Å²) in [6.07, 6.45) is 2.66. The maximum absolute atomic E-state index is 10.9. The van der Waals surface area contributed by atoms with Crippen LogP contribution in [-0.2, 0) is 4.79 Å². The van der Waals surface area contributed by atoms with Crippen molar-refractivity contribution in [2.24, 2.45) is 5.92 Å². The second-order valence-electron chi connectivity index (χ2n) is 3.87. The summed E-state index contributed by atoms with van der Waals surface area (Å²) < 4.78 is 0. The third-order valence-corrected chi connectivity index (χ3v) is 2.76. The number of likely N-dealkylation sites (tertiary alicyclic amines) is 1. The molecule has 13 heavy (non-hydrogen) atoms. The lowest BCUT2D eigenvalue weighted by Crippen LogP contribution is -2.31. The molecule has 0 bridgehead atoms. The Bertz CT molecular complexity index is 239. The van der Waals surface area contributed by atoms with Crippen LogP contribution in [0.4, 0.5) is 0 Å². The molecule has 0 aromatic heterocycles. The van der Waals surface area contributed by atoms with Crippen molar-refractivity contribution in [1.82, 2.24) is 10.2 Å². The number of carbonyl (C=O) groups excluding carboxylic acids is 1. The third kappa shape index (κ3) is 1.82. The molecule has 1 atom stereocenters. The lowest BCUT2D eigenvalue weighted by molar-refractivity contribution is -0.119. The van der Waals surface area contributed by atoms with E-state index >= 15 is 0 Å². The van der Waals surface area contributed by atoms with Gasteiger partial charge < -0.3 is 10.2 Å². The molecule has 72 valence electrons. The number of nitrogens with one attached hydrogen (secondary N) is 2. The number of nitrogens with zero attached hydrogens (tertiary/aromatic N) is 1. The van der Waals surface area contributed by atoms with Gasteiger partial charge in [0.05, 0.1) is 5.84 Å². The van der Waals surface area contributed by atoms with Crippen LogP contribution in [0.5, 0.6) is 0 Å². The van der Waals surface area contributed by atoms with Gasteiger partial charge in [-0.05, 0) is 6.42 Å². The molecule has 2 saturated heterocycles. The second kappa shape index (κ2) is 3.36. The van der Waals surface area contributed by atoms with Gasteiger partial charge in [0.25, 0.3) is 0 Å². The summed E-state index contributed by atoms with van der Waals surface area (Å²) in [6.45, 7) is 2.68. The highest BCUT2D eigenvalue weighted by Crippen LogP contribution is 2.16. The van der Waals surface area contributed by atoms with Gasteiger partial charge in [-0.25, -0.2) is 0 Å². The van der Waals surface area contributed by atoms with E-state index in [-0.39, 0.29) is 5.91 Å². The molecule has 1 amide bonds. The summed E-state index contributed by atoms with van der Waals surface area (Å²) in [5.41, 5.74) is 0. The Balaban J connectivity index is 1.84. The zero-order chi connectivity index (χ0) is 9.26. The largest absolute Gasteiger partial charge is 0.360 e. The van der Waals surface area contributed by atoms with Crippen LogP contribution in [0.1, 0.15) is 19.3 Å². The summed E-state index contributed by atoms with van der Waals surface area (Å²) in [7, 11) is 0. The Labute approximate surface area is 77.8 Å². The van der Waals surface area contributed by atoms with Gasteiger partial charge in [-0.1, -0.05) is 0 Å². The van der Waals surface area contributed by atoms with Crippen molar-refractivity contribution in [2.75, 3.05) is 19.6 Å². The molecule has 4 heteroatoms. The minimum Gasteiger partial charge on any atom is -0.360 e. The predicted molar refractivity (Wildman–Crippen MR) is 49.7 cm³/mol. The molecule has 0 radical (unpaired) electrons. The first-order valence-corrected chi connectivity index (χ1v) is 4.85. The zero-order valence-corrected chi connectivity index (χ0v) is 7.68. The number of amides is 1. The number of amidine groups is 1. The number of hydrogen-bond donors (Lipinski definition) is 2. The predicted octanol–water partition coefficient (Wildman–Crippen LogP) is 0.196. The minimum absolute atomic E-state index is 0.163. The fraction of sp³-hybridized carbons (Fsp3) is 0.778. The van der Waals surface area contributed by atoms with Crippen molar-refractivity contribution in [3.63, 3.8) is 0 Å². The van der Waals surface area contributed by atoms with Crippen LogP contribution in [0.25, 0.3) is 0 Å². The molecule has 0 spiro atoms. The summed E-state index contributed by atoms with van der Waals surface area (Å²) in [5.74, 6) is 1.33. The highest BCUT2D eigenvalue weighted by atomic mass is 16.1. The van der Waals surface area contributed by atoms with E-state index in [0.29, 0.717) is 12.3 Å². The van der Waals surface area contributed by atoms with Crippen molar-refractivity contribution in [3.8, 4) is 0 Å². The Morgan fingerprint density at radius 3 is 3.00 bits per heavy atom. The summed E-state index contributed by atoms with van der Waals surface area (Å²) >= 11 is 0. The Kier molecular flexibility index (Phi) is 2.20. The van der Waals surface area contributed by atoms with E-state index in [0.717, 1.165) is 38.3 Å². The van der Waals surface area contributed by atoms with E-state index in [2.05, 4.69) is 10.2 Å². The highest BCUT2D eigenvalue weighted by molar-refractivity contribution is 5.81. The molecular formula is C9H15N3O. The molecule has 2 heterocycles. The first kappa shape index (κ1) is 8.53. The van der Waals surface area contributed by atoms with Crippen LogP contribution in [0.2, 0.25) is 0 Å². The van der Waals surface area contributed by atoms with E-state index in [1.807, 2.05) is 0 Å². The molecular weight excluding hydrogens is 166 g/mol. The number of hydrogen-bond acceptors (Lipinski definition) is 2. The maximum Gasteiger partial charge on any atom is 0.220 e. The second-order valence-corrected chi connectivity index (χ2v) is 3.87. The van der Waals surface area contributed by atoms with Crippen LogP contribution < -0.4 is 5.32 Å². The van der Waals surface area contributed by atoms with Gasteiger partial charge in [-0.2, -0.15) is 0 Å². The third-order valence-electron chi connectivity index (χ3n) is 2.76. The van der Waals surface area contributed by atoms with Crippen LogP contribution in [0.15, 0.2) is 0 Å². The molecule has 0 saturated carbocycles. The maximum atomic E-state index is 10.9. The van der Waals surface area contributed by atoms with E-state index in [1.54, 1.807) is 0 Å². The van der Waals surface area contributed by atoms with Crippen molar-refractivity contribution in [3.05, 3.63) is 0 Å². The van der Waals surface area contributed by atoms with E-state index in [4.69, 9.17) is 5.41 Å². The molecule has 2 fully saturated rings. The number of carbonyl (C=O) groups is 1. The fourth-order valence-electron chi connectivity index (χ4n) is 2.04. The van der Waals surface area contributed by atoms with Crippen molar-refractivity contribution < 1.29 is 4.79 Å². The monoisotopic (exact) mass is 181 g/mol. The van der Waals surface area contributed by atoms with Crippen LogP contribution in [-0.4, -0.2) is 36.3 Å². The van der Waals surface area contributed by atoms with Gasteiger partial charge in [0.15, 0.2) is 0 Å². The highest BCUT2D eigenvalue weighted by Gasteiger charge is 2.26. The average Bonchev–Trinajstić information content (AvgIpc) is 2.64. The Morgan fingerprint density at radius 1 is 1.62 bits per heavy atom. The summed E-state index contributed by atoms with van der Waals surface area (Å²) in [6, 6.07) is 0. The first-order valence-electron chi connectivity index (χ1n) is 4.85. The SMILES string of the molecule is N=C1CCCN1CC1CNC(=O)C1.